The van der Waals surface area contributed by atoms with Gasteiger partial charge in [-0.3, -0.25) is 5.10 Å². The first-order valence-electron chi connectivity index (χ1n) is 3.49. The van der Waals surface area contributed by atoms with E-state index < -0.39 is 0 Å². The molecule has 0 aliphatic rings. The second-order valence-corrected chi connectivity index (χ2v) is 2.82. The lowest BCUT2D eigenvalue weighted by molar-refractivity contribution is 1.12. The van der Waals surface area contributed by atoms with Gasteiger partial charge in [-0.15, -0.1) is 0 Å². The summed E-state index contributed by atoms with van der Waals surface area (Å²) in [5.74, 6) is 0. The van der Waals surface area contributed by atoms with E-state index in [4.69, 9.17) is 17.1 Å². The van der Waals surface area contributed by atoms with Crippen molar-refractivity contribution in [2.45, 2.75) is 0 Å². The van der Waals surface area contributed by atoms with Gasteiger partial charge in [-0.05, 0) is 17.7 Å². The molecular formula is C7H4ClN5. The van der Waals surface area contributed by atoms with Crippen LogP contribution < -0.4 is 0 Å². The molecule has 6 heteroatoms. The maximum Gasteiger partial charge on any atom is 0.0760 e. The van der Waals surface area contributed by atoms with Crippen LogP contribution in [0.15, 0.2) is 23.4 Å². The van der Waals surface area contributed by atoms with Crippen LogP contribution in [0.25, 0.3) is 21.3 Å². The Morgan fingerprint density at radius 1 is 1.54 bits per heavy atom. The Morgan fingerprint density at radius 2 is 2.38 bits per heavy atom. The van der Waals surface area contributed by atoms with E-state index in [9.17, 15) is 0 Å². The lowest BCUT2D eigenvalue weighted by Crippen LogP contribution is -1.71. The van der Waals surface area contributed by atoms with E-state index in [1.807, 2.05) is 0 Å². The molecule has 13 heavy (non-hydrogen) atoms. The fourth-order valence-electron chi connectivity index (χ4n) is 1.12. The Morgan fingerprint density at radius 3 is 3.15 bits per heavy atom. The number of hydrogen-bond acceptors (Lipinski definition) is 2. The summed E-state index contributed by atoms with van der Waals surface area (Å²) >= 11 is 5.88. The fourth-order valence-corrected chi connectivity index (χ4v) is 1.33. The molecule has 0 spiro atoms. The number of halogens is 1. The molecule has 2 rings (SSSR count). The van der Waals surface area contributed by atoms with Crippen molar-refractivity contribution in [3.63, 3.8) is 0 Å². The summed E-state index contributed by atoms with van der Waals surface area (Å²) in [5, 5.41) is 11.4. The van der Waals surface area contributed by atoms with Crippen LogP contribution in [0.4, 0.5) is 5.69 Å². The van der Waals surface area contributed by atoms with Gasteiger partial charge in [-0.2, -0.15) is 5.10 Å². The molecule has 5 nitrogen and oxygen atoms in total. The number of aromatic amines is 1. The Balaban J connectivity index is 2.85. The highest BCUT2D eigenvalue weighted by Crippen LogP contribution is 2.29. The highest BCUT2D eigenvalue weighted by Gasteiger charge is 2.04. The molecule has 0 fully saturated rings. The van der Waals surface area contributed by atoms with Gasteiger partial charge in [0.05, 0.1) is 22.4 Å². The van der Waals surface area contributed by atoms with Crippen LogP contribution in [0.2, 0.25) is 5.02 Å². The maximum atomic E-state index is 8.28. The van der Waals surface area contributed by atoms with Gasteiger partial charge in [0.2, 0.25) is 0 Å². The highest BCUT2D eigenvalue weighted by molar-refractivity contribution is 6.35. The smallest absolute Gasteiger partial charge is 0.0760 e. The Kier molecular flexibility index (Phi) is 1.81. The molecule has 0 amide bonds. The number of fused-ring (bicyclic) bond motifs is 1. The Hall–Kier alpha value is -1.71. The van der Waals surface area contributed by atoms with E-state index >= 15 is 0 Å². The zero-order valence-electron chi connectivity index (χ0n) is 6.40. The minimum absolute atomic E-state index is 0.499. The fraction of sp³-hybridized carbons (Fsp3) is 0. The van der Waals surface area contributed by atoms with Crippen molar-refractivity contribution in [2.24, 2.45) is 5.11 Å². The largest absolute Gasteiger partial charge is 0.277 e. The lowest BCUT2D eigenvalue weighted by Gasteiger charge is -1.95. The van der Waals surface area contributed by atoms with Crippen molar-refractivity contribution >= 4 is 28.2 Å². The van der Waals surface area contributed by atoms with E-state index in [0.717, 1.165) is 5.39 Å². The quantitative estimate of drug-likeness (QED) is 0.421. The summed E-state index contributed by atoms with van der Waals surface area (Å²) in [7, 11) is 0. The minimum atomic E-state index is 0.499. The van der Waals surface area contributed by atoms with Crippen molar-refractivity contribution < 1.29 is 0 Å². The molecule has 1 N–H and O–H groups in total. The van der Waals surface area contributed by atoms with Gasteiger partial charge in [0.25, 0.3) is 0 Å². The number of rotatable bonds is 1. The summed E-state index contributed by atoms with van der Waals surface area (Å²) in [6, 6.07) is 3.31. The number of benzene rings is 1. The zero-order valence-corrected chi connectivity index (χ0v) is 7.15. The molecule has 1 aromatic heterocycles. The highest BCUT2D eigenvalue weighted by atomic mass is 35.5. The molecule has 0 saturated heterocycles. The Bertz CT molecular complexity index is 497. The normalized spacial score (nSPS) is 9.92. The summed E-state index contributed by atoms with van der Waals surface area (Å²) in [4.78, 5) is 2.70. The number of azide groups is 1. The van der Waals surface area contributed by atoms with Gasteiger partial charge in [-0.1, -0.05) is 16.7 Å². The molecule has 0 radical (unpaired) electrons. The lowest BCUT2D eigenvalue weighted by atomic mass is 10.2. The van der Waals surface area contributed by atoms with Crippen molar-refractivity contribution in [3.8, 4) is 0 Å². The molecule has 0 atom stereocenters. The first-order valence-corrected chi connectivity index (χ1v) is 3.87. The standard InChI is InChI=1S/C7H4ClN5/c8-5-1-2-6(11-13-9)7-4(5)3-10-12-7/h1-3H,(H,10,12). The van der Waals surface area contributed by atoms with Crippen molar-refractivity contribution in [1.29, 1.82) is 0 Å². The summed E-state index contributed by atoms with van der Waals surface area (Å²) in [6.07, 6.45) is 1.59. The molecule has 1 aromatic carbocycles. The number of hydrogen-bond donors (Lipinski definition) is 1. The van der Waals surface area contributed by atoms with Gasteiger partial charge in [-0.25, -0.2) is 0 Å². The van der Waals surface area contributed by atoms with Gasteiger partial charge in [0.1, 0.15) is 0 Å². The molecule has 0 aliphatic carbocycles. The number of H-pyrrole nitrogens is 1. The van der Waals surface area contributed by atoms with Gasteiger partial charge in [0.15, 0.2) is 0 Å². The molecule has 1 heterocycles. The van der Waals surface area contributed by atoms with Crippen molar-refractivity contribution in [3.05, 3.63) is 33.8 Å². The van der Waals surface area contributed by atoms with Gasteiger partial charge < -0.3 is 0 Å². The summed E-state index contributed by atoms with van der Waals surface area (Å²) < 4.78 is 0. The molecule has 64 valence electrons. The van der Waals surface area contributed by atoms with Crippen molar-refractivity contribution in [1.82, 2.24) is 10.2 Å². The first-order chi connectivity index (χ1) is 6.33. The van der Waals surface area contributed by atoms with Crippen LogP contribution in [0.1, 0.15) is 0 Å². The van der Waals surface area contributed by atoms with E-state index in [2.05, 4.69) is 20.2 Å². The SMILES string of the molecule is [N-]=[N+]=Nc1ccc(Cl)c2cn[nH]c12. The van der Waals surface area contributed by atoms with E-state index in [1.165, 1.54) is 0 Å². The van der Waals surface area contributed by atoms with Crippen LogP contribution in [0.3, 0.4) is 0 Å². The van der Waals surface area contributed by atoms with Crippen LogP contribution in [-0.2, 0) is 0 Å². The van der Waals surface area contributed by atoms with Crippen LogP contribution >= 0.6 is 11.6 Å². The third-order valence-electron chi connectivity index (χ3n) is 1.69. The maximum absolute atomic E-state index is 8.28. The van der Waals surface area contributed by atoms with E-state index in [0.29, 0.717) is 16.2 Å². The van der Waals surface area contributed by atoms with Gasteiger partial charge >= 0.3 is 0 Å². The van der Waals surface area contributed by atoms with E-state index in [-0.39, 0.29) is 0 Å². The number of aromatic nitrogens is 2. The predicted molar refractivity (Wildman–Crippen MR) is 49.9 cm³/mol. The number of nitrogens with one attached hydrogen (secondary N) is 1. The molecule has 0 unspecified atom stereocenters. The van der Waals surface area contributed by atoms with Crippen LogP contribution in [0, 0.1) is 0 Å². The monoisotopic (exact) mass is 193 g/mol. The van der Waals surface area contributed by atoms with Gasteiger partial charge in [0, 0.05) is 10.3 Å². The minimum Gasteiger partial charge on any atom is -0.277 e. The van der Waals surface area contributed by atoms with Crippen molar-refractivity contribution in [2.75, 3.05) is 0 Å². The molecule has 2 aromatic rings. The molecule has 0 bridgehead atoms. The number of nitrogens with zero attached hydrogens (tertiary/aromatic N) is 4. The summed E-state index contributed by atoms with van der Waals surface area (Å²) in [6.45, 7) is 0. The van der Waals surface area contributed by atoms with Crippen LogP contribution in [-0.4, -0.2) is 10.2 Å². The van der Waals surface area contributed by atoms with E-state index in [1.54, 1.807) is 18.3 Å². The molecule has 0 saturated carbocycles. The predicted octanol–water partition coefficient (Wildman–Crippen LogP) is 3.16. The third kappa shape index (κ3) is 1.20. The second-order valence-electron chi connectivity index (χ2n) is 2.41. The average molecular weight is 194 g/mol. The Labute approximate surface area is 77.9 Å². The first kappa shape index (κ1) is 7.91. The topological polar surface area (TPSA) is 77.4 Å². The zero-order chi connectivity index (χ0) is 9.26. The summed E-state index contributed by atoms with van der Waals surface area (Å²) in [5.41, 5.74) is 9.43. The third-order valence-corrected chi connectivity index (χ3v) is 2.02. The van der Waals surface area contributed by atoms with Crippen LogP contribution in [0.5, 0.6) is 0 Å². The average Bonchev–Trinajstić information content (AvgIpc) is 2.59. The molecule has 0 aliphatic heterocycles. The molecular weight excluding hydrogens is 190 g/mol. The second kappa shape index (κ2) is 2.97.